The third kappa shape index (κ3) is 5.22. The molecule has 1 fully saturated rings. The van der Waals surface area contributed by atoms with Crippen LogP contribution < -0.4 is 0 Å². The highest BCUT2D eigenvalue weighted by Gasteiger charge is 2.35. The van der Waals surface area contributed by atoms with Crippen LogP contribution in [0.5, 0.6) is 0 Å². The quantitative estimate of drug-likeness (QED) is 0.745. The summed E-state index contributed by atoms with van der Waals surface area (Å²) in [4.78, 5) is 29.2. The molecule has 0 spiro atoms. The molecule has 154 valence electrons. The molecule has 0 radical (unpaired) electrons. The number of halogens is 1. The first kappa shape index (κ1) is 21.0. The Morgan fingerprint density at radius 1 is 0.897 bits per heavy atom. The molecule has 0 aliphatic carbocycles. The van der Waals surface area contributed by atoms with Crippen molar-refractivity contribution in [1.82, 2.24) is 9.80 Å². The first-order valence-corrected chi connectivity index (χ1v) is 10.2. The zero-order chi connectivity index (χ0) is 20.9. The van der Waals surface area contributed by atoms with Crippen LogP contribution in [0.25, 0.3) is 0 Å². The molecule has 4 nitrogen and oxygen atoms in total. The Labute approximate surface area is 172 Å². The van der Waals surface area contributed by atoms with Crippen molar-refractivity contribution >= 4 is 11.8 Å². The van der Waals surface area contributed by atoms with E-state index in [1.54, 1.807) is 12.1 Å². The van der Waals surface area contributed by atoms with Gasteiger partial charge in [-0.3, -0.25) is 9.59 Å². The normalized spacial score (nSPS) is 14.7. The second-order valence-corrected chi connectivity index (χ2v) is 8.14. The fourth-order valence-electron chi connectivity index (χ4n) is 3.79. The zero-order valence-corrected chi connectivity index (χ0v) is 17.2. The minimum atomic E-state index is -0.727. The molecular formula is C24H29FN2O2. The number of aryl methyl sites for hydroxylation is 1. The lowest BCUT2D eigenvalue weighted by Gasteiger charge is -2.39. The van der Waals surface area contributed by atoms with Crippen LogP contribution in [0, 0.1) is 5.82 Å². The minimum Gasteiger partial charge on any atom is -0.339 e. The Kier molecular flexibility index (Phi) is 6.68. The highest BCUT2D eigenvalue weighted by molar-refractivity contribution is 5.87. The van der Waals surface area contributed by atoms with Crippen molar-refractivity contribution in [2.45, 2.75) is 38.5 Å². The van der Waals surface area contributed by atoms with Gasteiger partial charge in [0.25, 0.3) is 0 Å². The Morgan fingerprint density at radius 3 is 2.10 bits per heavy atom. The molecule has 0 bridgehead atoms. The van der Waals surface area contributed by atoms with Crippen LogP contribution in [-0.4, -0.2) is 47.8 Å². The molecule has 1 aliphatic rings. The molecule has 2 aromatic rings. The van der Waals surface area contributed by atoms with E-state index in [9.17, 15) is 14.0 Å². The van der Waals surface area contributed by atoms with Crippen LogP contribution in [0.3, 0.4) is 0 Å². The second kappa shape index (κ2) is 9.21. The molecule has 0 N–H and O–H groups in total. The summed E-state index contributed by atoms with van der Waals surface area (Å²) in [6, 6.07) is 16.3. The van der Waals surface area contributed by atoms with Crippen LogP contribution in [0.1, 0.15) is 37.8 Å². The lowest BCUT2D eigenvalue weighted by atomic mass is 9.83. The summed E-state index contributed by atoms with van der Waals surface area (Å²) < 4.78 is 13.2. The molecule has 0 atom stereocenters. The lowest BCUT2D eigenvalue weighted by molar-refractivity contribution is -0.142. The first-order valence-electron chi connectivity index (χ1n) is 10.2. The fraction of sp³-hybridized carbons (Fsp3) is 0.417. The predicted molar refractivity (Wildman–Crippen MR) is 112 cm³/mol. The van der Waals surface area contributed by atoms with Gasteiger partial charge in [0, 0.05) is 32.6 Å². The van der Waals surface area contributed by atoms with Crippen LogP contribution >= 0.6 is 0 Å². The highest BCUT2D eigenvalue weighted by Crippen LogP contribution is 2.26. The van der Waals surface area contributed by atoms with Gasteiger partial charge < -0.3 is 9.80 Å². The van der Waals surface area contributed by atoms with E-state index in [2.05, 4.69) is 12.1 Å². The number of hydrogen-bond donors (Lipinski definition) is 0. The Hall–Kier alpha value is -2.69. The summed E-state index contributed by atoms with van der Waals surface area (Å²) >= 11 is 0. The third-order valence-electron chi connectivity index (χ3n) is 5.72. The maximum atomic E-state index is 13.2. The molecule has 29 heavy (non-hydrogen) atoms. The van der Waals surface area contributed by atoms with Crippen molar-refractivity contribution in [2.24, 2.45) is 0 Å². The van der Waals surface area contributed by atoms with Gasteiger partial charge in [0.2, 0.25) is 11.8 Å². The average Bonchev–Trinajstić information content (AvgIpc) is 2.74. The van der Waals surface area contributed by atoms with Gasteiger partial charge in [-0.15, -0.1) is 0 Å². The molecule has 1 saturated heterocycles. The van der Waals surface area contributed by atoms with Crippen molar-refractivity contribution in [2.75, 3.05) is 26.2 Å². The summed E-state index contributed by atoms with van der Waals surface area (Å²) in [7, 11) is 0. The van der Waals surface area contributed by atoms with Gasteiger partial charge in [-0.2, -0.15) is 0 Å². The van der Waals surface area contributed by atoms with E-state index in [1.807, 2.05) is 41.8 Å². The highest BCUT2D eigenvalue weighted by atomic mass is 19.1. The van der Waals surface area contributed by atoms with E-state index in [-0.39, 0.29) is 17.6 Å². The molecule has 3 rings (SSSR count). The maximum Gasteiger partial charge on any atom is 0.232 e. The Morgan fingerprint density at radius 2 is 1.48 bits per heavy atom. The van der Waals surface area contributed by atoms with E-state index in [0.717, 1.165) is 18.4 Å². The van der Waals surface area contributed by atoms with Gasteiger partial charge in [-0.05, 0) is 49.9 Å². The third-order valence-corrected chi connectivity index (χ3v) is 5.72. The molecule has 2 amide bonds. The molecule has 1 aliphatic heterocycles. The van der Waals surface area contributed by atoms with Crippen LogP contribution in [0.2, 0.25) is 0 Å². The topological polar surface area (TPSA) is 40.6 Å². The van der Waals surface area contributed by atoms with Crippen molar-refractivity contribution < 1.29 is 14.0 Å². The van der Waals surface area contributed by atoms with Gasteiger partial charge in [-0.1, -0.05) is 42.5 Å². The molecule has 5 heteroatoms. The fourth-order valence-corrected chi connectivity index (χ4v) is 3.79. The number of piperazine rings is 1. The van der Waals surface area contributed by atoms with Gasteiger partial charge in [0.15, 0.2) is 0 Å². The average molecular weight is 397 g/mol. The second-order valence-electron chi connectivity index (χ2n) is 8.14. The summed E-state index contributed by atoms with van der Waals surface area (Å²) in [6.45, 7) is 5.93. The van der Waals surface area contributed by atoms with Crippen molar-refractivity contribution in [3.8, 4) is 0 Å². The summed E-state index contributed by atoms with van der Waals surface area (Å²) in [5.41, 5.74) is 1.32. The summed E-state index contributed by atoms with van der Waals surface area (Å²) in [5.74, 6) is -0.137. The Balaban J connectivity index is 1.48. The van der Waals surface area contributed by atoms with E-state index in [4.69, 9.17) is 0 Å². The summed E-state index contributed by atoms with van der Waals surface area (Å²) in [6.07, 6.45) is 2.26. The number of hydrogen-bond acceptors (Lipinski definition) is 2. The standard InChI is InChI=1S/C24H29FN2O2/c1-24(2,20-11-13-21(25)14-12-20)23(29)27-17-15-26(16-18-27)22(28)10-6-9-19-7-4-3-5-8-19/h3-5,7-8,11-14H,6,9-10,15-18H2,1-2H3. The number of amides is 2. The van der Waals surface area contributed by atoms with Crippen LogP contribution in [0.15, 0.2) is 54.6 Å². The Bertz CT molecular complexity index is 826. The van der Waals surface area contributed by atoms with E-state index in [0.29, 0.717) is 32.6 Å². The van der Waals surface area contributed by atoms with Crippen molar-refractivity contribution in [3.05, 3.63) is 71.5 Å². The molecule has 2 aromatic carbocycles. The van der Waals surface area contributed by atoms with E-state index < -0.39 is 5.41 Å². The molecule has 0 saturated carbocycles. The first-order chi connectivity index (χ1) is 13.9. The number of benzene rings is 2. The molecule has 0 unspecified atom stereocenters. The zero-order valence-electron chi connectivity index (χ0n) is 17.2. The van der Waals surface area contributed by atoms with E-state index >= 15 is 0 Å². The maximum absolute atomic E-state index is 13.2. The molecular weight excluding hydrogens is 367 g/mol. The SMILES string of the molecule is CC(C)(C(=O)N1CCN(C(=O)CCCc2ccccc2)CC1)c1ccc(F)cc1. The molecule has 1 heterocycles. The van der Waals surface area contributed by atoms with Crippen LogP contribution in [0.4, 0.5) is 4.39 Å². The lowest BCUT2D eigenvalue weighted by Crippen LogP contribution is -2.54. The number of nitrogens with zero attached hydrogens (tertiary/aromatic N) is 2. The monoisotopic (exact) mass is 396 g/mol. The number of carbonyl (C=O) groups is 2. The van der Waals surface area contributed by atoms with Crippen molar-refractivity contribution in [3.63, 3.8) is 0 Å². The smallest absolute Gasteiger partial charge is 0.232 e. The molecule has 0 aromatic heterocycles. The number of rotatable bonds is 6. The minimum absolute atomic E-state index is 0.0142. The van der Waals surface area contributed by atoms with Gasteiger partial charge >= 0.3 is 0 Å². The number of carbonyl (C=O) groups excluding carboxylic acids is 2. The van der Waals surface area contributed by atoms with Gasteiger partial charge in [0.05, 0.1) is 5.41 Å². The van der Waals surface area contributed by atoms with Crippen molar-refractivity contribution in [1.29, 1.82) is 0 Å². The largest absolute Gasteiger partial charge is 0.339 e. The van der Waals surface area contributed by atoms with E-state index in [1.165, 1.54) is 17.7 Å². The summed E-state index contributed by atoms with van der Waals surface area (Å²) in [5, 5.41) is 0. The van der Waals surface area contributed by atoms with Gasteiger partial charge in [-0.25, -0.2) is 4.39 Å². The van der Waals surface area contributed by atoms with Crippen LogP contribution in [-0.2, 0) is 21.4 Å². The van der Waals surface area contributed by atoms with Gasteiger partial charge in [0.1, 0.15) is 5.82 Å². The predicted octanol–water partition coefficient (Wildman–Crippen LogP) is 3.80.